The molecule has 3 nitrogen and oxygen atoms in total. The van der Waals surface area contributed by atoms with E-state index in [2.05, 4.69) is 26.1 Å². The zero-order valence-corrected chi connectivity index (χ0v) is 10.8. The van der Waals surface area contributed by atoms with Crippen LogP contribution in [0.5, 0.6) is 0 Å². The summed E-state index contributed by atoms with van der Waals surface area (Å²) in [5.74, 6) is 0.562. The number of likely N-dealkylation sites (N-methyl/N-ethyl adjacent to an activating group) is 1. The van der Waals surface area contributed by atoms with Crippen LogP contribution in [-0.4, -0.2) is 36.5 Å². The molecule has 92 valence electrons. The quantitative estimate of drug-likeness (QED) is 0.651. The fraction of sp³-hybridized carbons (Fsp3) is 1.00. The third kappa shape index (κ3) is 6.88. The van der Waals surface area contributed by atoms with Crippen molar-refractivity contribution in [1.29, 1.82) is 0 Å². The second kappa shape index (κ2) is 7.20. The molecule has 0 aliphatic heterocycles. The minimum atomic E-state index is -0.217. The van der Waals surface area contributed by atoms with Gasteiger partial charge >= 0.3 is 0 Å². The molecule has 0 saturated carbocycles. The van der Waals surface area contributed by atoms with Crippen molar-refractivity contribution < 1.29 is 9.84 Å². The smallest absolute Gasteiger partial charge is 0.0611 e. The Balaban J connectivity index is 3.94. The van der Waals surface area contributed by atoms with Gasteiger partial charge in [0.2, 0.25) is 0 Å². The van der Waals surface area contributed by atoms with Crippen LogP contribution in [0.25, 0.3) is 0 Å². The molecule has 0 bridgehead atoms. The Hall–Kier alpha value is -0.120. The lowest BCUT2D eigenvalue weighted by Gasteiger charge is -2.31. The summed E-state index contributed by atoms with van der Waals surface area (Å²) in [7, 11) is 0. The first-order valence-electron chi connectivity index (χ1n) is 5.91. The number of aliphatic hydroxyl groups is 1. The van der Waals surface area contributed by atoms with Gasteiger partial charge in [-0.2, -0.15) is 0 Å². The van der Waals surface area contributed by atoms with Crippen LogP contribution in [0.1, 0.15) is 41.0 Å². The molecule has 3 heteroatoms. The van der Waals surface area contributed by atoms with Crippen molar-refractivity contribution in [3.63, 3.8) is 0 Å². The maximum absolute atomic E-state index is 9.32. The first-order chi connectivity index (χ1) is 6.93. The fourth-order valence-corrected chi connectivity index (χ4v) is 1.67. The van der Waals surface area contributed by atoms with E-state index in [9.17, 15) is 5.11 Å². The van der Waals surface area contributed by atoms with Crippen LogP contribution < -0.4 is 5.32 Å². The lowest BCUT2D eigenvalue weighted by Crippen LogP contribution is -2.48. The number of rotatable bonds is 8. The summed E-state index contributed by atoms with van der Waals surface area (Å²) in [4.78, 5) is 0. The molecular weight excluding hydrogens is 190 g/mol. The molecule has 2 N–H and O–H groups in total. The number of ether oxygens (including phenoxy) is 1. The minimum absolute atomic E-state index is 0.149. The van der Waals surface area contributed by atoms with E-state index in [1.165, 1.54) is 0 Å². The molecule has 0 fully saturated rings. The van der Waals surface area contributed by atoms with Crippen LogP contribution >= 0.6 is 0 Å². The molecule has 0 aliphatic carbocycles. The van der Waals surface area contributed by atoms with Crippen molar-refractivity contribution in [3.8, 4) is 0 Å². The van der Waals surface area contributed by atoms with Gasteiger partial charge in [-0.1, -0.05) is 20.8 Å². The molecule has 0 aromatic carbocycles. The van der Waals surface area contributed by atoms with E-state index in [4.69, 9.17) is 4.74 Å². The van der Waals surface area contributed by atoms with E-state index in [0.717, 1.165) is 19.6 Å². The Morgan fingerprint density at radius 1 is 1.33 bits per heavy atom. The van der Waals surface area contributed by atoms with E-state index in [1.807, 2.05) is 13.8 Å². The molecule has 15 heavy (non-hydrogen) atoms. The van der Waals surface area contributed by atoms with E-state index in [0.29, 0.717) is 5.92 Å². The summed E-state index contributed by atoms with van der Waals surface area (Å²) in [6, 6.07) is 0. The molecule has 0 spiro atoms. The Morgan fingerprint density at radius 3 is 2.33 bits per heavy atom. The average Bonchev–Trinajstić information content (AvgIpc) is 2.15. The molecule has 0 saturated heterocycles. The molecular formula is C12H27NO2. The van der Waals surface area contributed by atoms with Crippen LogP contribution in [0.2, 0.25) is 0 Å². The minimum Gasteiger partial charge on any atom is -0.394 e. The van der Waals surface area contributed by atoms with Crippen LogP contribution in [0.3, 0.4) is 0 Å². The van der Waals surface area contributed by atoms with Gasteiger partial charge < -0.3 is 15.2 Å². The molecule has 0 aromatic heterocycles. The normalized spacial score (nSPS) is 17.8. The molecule has 0 amide bonds. The maximum Gasteiger partial charge on any atom is 0.0611 e. The lowest BCUT2D eigenvalue weighted by atomic mass is 9.95. The summed E-state index contributed by atoms with van der Waals surface area (Å²) in [5, 5.41) is 12.6. The molecule has 2 atom stereocenters. The van der Waals surface area contributed by atoms with E-state index >= 15 is 0 Å². The topological polar surface area (TPSA) is 41.5 Å². The van der Waals surface area contributed by atoms with Crippen molar-refractivity contribution in [2.24, 2.45) is 5.92 Å². The SMILES string of the molecule is CCNC(C)(CO)CC(C)OCC(C)C. The Bertz CT molecular complexity index is 162. The number of nitrogens with one attached hydrogen (secondary N) is 1. The molecule has 0 heterocycles. The number of aliphatic hydroxyl groups excluding tert-OH is 1. The third-order valence-electron chi connectivity index (χ3n) is 2.40. The monoisotopic (exact) mass is 217 g/mol. The molecule has 0 rings (SSSR count). The van der Waals surface area contributed by atoms with Crippen molar-refractivity contribution in [2.75, 3.05) is 19.8 Å². The highest BCUT2D eigenvalue weighted by Gasteiger charge is 2.24. The Morgan fingerprint density at radius 2 is 1.93 bits per heavy atom. The van der Waals surface area contributed by atoms with Crippen LogP contribution in [0, 0.1) is 5.92 Å². The van der Waals surface area contributed by atoms with E-state index in [-0.39, 0.29) is 18.2 Å². The summed E-state index contributed by atoms with van der Waals surface area (Å²) in [5.41, 5.74) is -0.217. The van der Waals surface area contributed by atoms with E-state index < -0.39 is 0 Å². The highest BCUT2D eigenvalue weighted by atomic mass is 16.5. The zero-order chi connectivity index (χ0) is 11.9. The summed E-state index contributed by atoms with van der Waals surface area (Å²) < 4.78 is 5.70. The van der Waals surface area contributed by atoms with Gasteiger partial charge in [0.25, 0.3) is 0 Å². The van der Waals surface area contributed by atoms with Gasteiger partial charge in [0.05, 0.1) is 12.7 Å². The highest BCUT2D eigenvalue weighted by Crippen LogP contribution is 2.14. The summed E-state index contributed by atoms with van der Waals surface area (Å²) >= 11 is 0. The second-order valence-corrected chi connectivity index (χ2v) is 4.99. The molecule has 0 aliphatic rings. The van der Waals surface area contributed by atoms with E-state index in [1.54, 1.807) is 0 Å². The predicted octanol–water partition coefficient (Wildman–Crippen LogP) is 1.80. The molecule has 0 radical (unpaired) electrons. The predicted molar refractivity (Wildman–Crippen MR) is 64.0 cm³/mol. The summed E-state index contributed by atoms with van der Waals surface area (Å²) in [6.45, 7) is 12.2. The summed E-state index contributed by atoms with van der Waals surface area (Å²) in [6.07, 6.45) is 1.02. The largest absolute Gasteiger partial charge is 0.394 e. The van der Waals surface area contributed by atoms with Gasteiger partial charge in [-0.15, -0.1) is 0 Å². The molecule has 0 aromatic rings. The first-order valence-corrected chi connectivity index (χ1v) is 5.91. The van der Waals surface area contributed by atoms with Gasteiger partial charge in [0.1, 0.15) is 0 Å². The lowest BCUT2D eigenvalue weighted by molar-refractivity contribution is 0.0157. The Labute approximate surface area is 94.2 Å². The highest BCUT2D eigenvalue weighted by molar-refractivity contribution is 4.83. The Kier molecular flexibility index (Phi) is 7.14. The maximum atomic E-state index is 9.32. The van der Waals surface area contributed by atoms with Gasteiger partial charge in [-0.25, -0.2) is 0 Å². The number of hydrogen-bond donors (Lipinski definition) is 2. The van der Waals surface area contributed by atoms with Crippen LogP contribution in [0.4, 0.5) is 0 Å². The zero-order valence-electron chi connectivity index (χ0n) is 10.8. The third-order valence-corrected chi connectivity index (χ3v) is 2.40. The van der Waals surface area contributed by atoms with Crippen molar-refractivity contribution in [3.05, 3.63) is 0 Å². The standard InChI is InChI=1S/C12H27NO2/c1-6-13-12(5,9-14)7-11(4)15-8-10(2)3/h10-11,13-14H,6-9H2,1-5H3. The average molecular weight is 217 g/mol. The molecule has 2 unspecified atom stereocenters. The van der Waals surface area contributed by atoms with Gasteiger partial charge in [-0.05, 0) is 32.7 Å². The fourth-order valence-electron chi connectivity index (χ4n) is 1.67. The van der Waals surface area contributed by atoms with Gasteiger partial charge in [-0.3, -0.25) is 0 Å². The van der Waals surface area contributed by atoms with Crippen molar-refractivity contribution >= 4 is 0 Å². The number of hydrogen-bond acceptors (Lipinski definition) is 3. The second-order valence-electron chi connectivity index (χ2n) is 4.99. The van der Waals surface area contributed by atoms with Gasteiger partial charge in [0, 0.05) is 12.1 Å². The van der Waals surface area contributed by atoms with Crippen molar-refractivity contribution in [1.82, 2.24) is 5.32 Å². The van der Waals surface area contributed by atoms with Crippen LogP contribution in [0.15, 0.2) is 0 Å². The van der Waals surface area contributed by atoms with Gasteiger partial charge in [0.15, 0.2) is 0 Å². The van der Waals surface area contributed by atoms with Crippen LogP contribution in [-0.2, 0) is 4.74 Å². The van der Waals surface area contributed by atoms with Crippen molar-refractivity contribution in [2.45, 2.75) is 52.7 Å². The first kappa shape index (κ1) is 14.9.